The van der Waals surface area contributed by atoms with E-state index < -0.39 is 0 Å². The molecule has 2 heteroatoms. The van der Waals surface area contributed by atoms with Crippen LogP contribution in [0.1, 0.15) is 45.4 Å². The van der Waals surface area contributed by atoms with E-state index in [0.717, 1.165) is 0 Å². The smallest absolute Gasteiger partial charge is 0.105 e. The van der Waals surface area contributed by atoms with Crippen molar-refractivity contribution in [3.8, 4) is 0 Å². The lowest BCUT2D eigenvalue weighted by molar-refractivity contribution is 0.504. The normalized spacial score (nSPS) is 18.0. The zero-order chi connectivity index (χ0) is 7.82. The first-order valence-corrected chi connectivity index (χ1v) is 4.89. The van der Waals surface area contributed by atoms with Gasteiger partial charge in [0.25, 0.3) is 0 Å². The van der Waals surface area contributed by atoms with Gasteiger partial charge in [0.15, 0.2) is 0 Å². The Bertz CT molecular complexity index is 44.0. The molecule has 0 aromatic rings. The molecule has 0 heterocycles. The second-order valence-electron chi connectivity index (χ2n) is 2.64. The van der Waals surface area contributed by atoms with Gasteiger partial charge in [-0.1, -0.05) is 38.5 Å². The first kappa shape index (κ1) is 10.6. The highest BCUT2D eigenvalue weighted by Crippen LogP contribution is 2.15. The van der Waals surface area contributed by atoms with Crippen LogP contribution in [0.2, 0.25) is 0 Å². The molecule has 0 saturated heterocycles. The molecule has 0 amide bonds. The molecule has 1 saturated carbocycles. The summed E-state index contributed by atoms with van der Waals surface area (Å²) in [5.41, 5.74) is 0. The average molecular weight is 183 g/mol. The Morgan fingerprint density at radius 2 is 0.900 bits per heavy atom. The summed E-state index contributed by atoms with van der Waals surface area (Å²) in [6.07, 6.45) is 9.00. The maximum atomic E-state index is 5.04. The Morgan fingerprint density at radius 1 is 0.800 bits per heavy atom. The van der Waals surface area contributed by atoms with Crippen molar-refractivity contribution in [1.82, 2.24) is 0 Å². The van der Waals surface area contributed by atoms with Crippen LogP contribution >= 0.6 is 23.2 Å². The van der Waals surface area contributed by atoms with Crippen LogP contribution in [-0.4, -0.2) is 4.84 Å². The van der Waals surface area contributed by atoms with Crippen molar-refractivity contribution in [2.45, 2.75) is 50.3 Å². The molecule has 62 valence electrons. The largest absolute Gasteiger partial charge is 0.106 e. The summed E-state index contributed by atoms with van der Waals surface area (Å²) in [6, 6.07) is 0. The number of hydrogen-bond donors (Lipinski definition) is 0. The van der Waals surface area contributed by atoms with Crippen LogP contribution in [0.15, 0.2) is 0 Å². The summed E-state index contributed by atoms with van der Waals surface area (Å²) in [5.74, 6) is 0. The maximum absolute atomic E-state index is 5.04. The lowest BCUT2D eigenvalue weighted by atomic mass is 10.0. The first-order valence-electron chi connectivity index (χ1n) is 4.01. The molecule has 1 aliphatic carbocycles. The van der Waals surface area contributed by atoms with Crippen LogP contribution < -0.4 is 0 Å². The third-order valence-electron chi connectivity index (χ3n) is 1.50. The Balaban J connectivity index is 0.000000180. The fraction of sp³-hybridized carbons (Fsp3) is 1.00. The minimum absolute atomic E-state index is 0.222. The Hall–Kier alpha value is 0.580. The summed E-state index contributed by atoms with van der Waals surface area (Å²) in [5, 5.41) is 0. The zero-order valence-corrected chi connectivity index (χ0v) is 8.09. The molecule has 1 fully saturated rings. The van der Waals surface area contributed by atoms with Crippen molar-refractivity contribution in [3.05, 3.63) is 0 Å². The van der Waals surface area contributed by atoms with Gasteiger partial charge in [-0.15, -0.1) is 23.2 Å². The molecule has 1 aliphatic rings. The van der Waals surface area contributed by atoms with Crippen molar-refractivity contribution in [2.75, 3.05) is 0 Å². The van der Waals surface area contributed by atoms with E-state index in [1.807, 2.05) is 0 Å². The fourth-order valence-corrected chi connectivity index (χ4v) is 1.06. The monoisotopic (exact) mass is 182 g/mol. The topological polar surface area (TPSA) is 0 Å². The van der Waals surface area contributed by atoms with E-state index in [4.69, 9.17) is 23.2 Å². The zero-order valence-electron chi connectivity index (χ0n) is 6.58. The summed E-state index contributed by atoms with van der Waals surface area (Å²) in [7, 11) is 0. The van der Waals surface area contributed by atoms with E-state index in [1.165, 1.54) is 38.5 Å². The average Bonchev–Trinajstić information content (AvgIpc) is 1.90. The number of hydrogen-bond acceptors (Lipinski definition) is 0. The van der Waals surface area contributed by atoms with Gasteiger partial charge in [0.2, 0.25) is 0 Å². The third kappa shape index (κ3) is 11.4. The molecule has 0 N–H and O–H groups in total. The molecule has 0 unspecified atom stereocenters. The predicted molar refractivity (Wildman–Crippen MR) is 48.9 cm³/mol. The van der Waals surface area contributed by atoms with Gasteiger partial charge in [-0.3, -0.25) is 0 Å². The van der Waals surface area contributed by atoms with Gasteiger partial charge in [0.1, 0.15) is 4.84 Å². The molecule has 0 bridgehead atoms. The molecule has 0 atom stereocenters. The number of alkyl halides is 2. The van der Waals surface area contributed by atoms with Crippen molar-refractivity contribution in [1.29, 1.82) is 0 Å². The van der Waals surface area contributed by atoms with Gasteiger partial charge in [-0.05, 0) is 6.92 Å². The first-order chi connectivity index (χ1) is 4.73. The highest BCUT2D eigenvalue weighted by molar-refractivity contribution is 6.43. The van der Waals surface area contributed by atoms with Gasteiger partial charge < -0.3 is 0 Å². The maximum Gasteiger partial charge on any atom is 0.105 e. The van der Waals surface area contributed by atoms with Gasteiger partial charge in [0.05, 0.1) is 0 Å². The molecule has 0 aliphatic heterocycles. The van der Waals surface area contributed by atoms with Gasteiger partial charge in [0, 0.05) is 0 Å². The van der Waals surface area contributed by atoms with Gasteiger partial charge in [-0.25, -0.2) is 0 Å². The predicted octanol–water partition coefficient (Wildman–Crippen LogP) is 4.15. The Morgan fingerprint density at radius 3 is 1.00 bits per heavy atom. The van der Waals surface area contributed by atoms with E-state index in [-0.39, 0.29) is 4.84 Å². The van der Waals surface area contributed by atoms with Crippen molar-refractivity contribution < 1.29 is 0 Å². The second kappa shape index (κ2) is 7.68. The lowest BCUT2D eigenvalue weighted by Crippen LogP contribution is -1.85. The van der Waals surface area contributed by atoms with E-state index >= 15 is 0 Å². The van der Waals surface area contributed by atoms with E-state index in [1.54, 1.807) is 6.92 Å². The summed E-state index contributed by atoms with van der Waals surface area (Å²) < 4.78 is 0. The summed E-state index contributed by atoms with van der Waals surface area (Å²) in [6.45, 7) is 1.70. The summed E-state index contributed by atoms with van der Waals surface area (Å²) in [4.78, 5) is -0.222. The van der Waals surface area contributed by atoms with Crippen LogP contribution in [0.5, 0.6) is 0 Å². The highest BCUT2D eigenvalue weighted by Gasteiger charge is 1.95. The molecular formula is C8H16Cl2. The molecule has 0 nitrogen and oxygen atoms in total. The van der Waals surface area contributed by atoms with Crippen molar-refractivity contribution in [2.24, 2.45) is 0 Å². The Kier molecular flexibility index (Phi) is 8.13. The van der Waals surface area contributed by atoms with Gasteiger partial charge >= 0.3 is 0 Å². The van der Waals surface area contributed by atoms with E-state index in [2.05, 4.69) is 0 Å². The van der Waals surface area contributed by atoms with Crippen LogP contribution in [0.4, 0.5) is 0 Å². The lowest BCUT2D eigenvalue weighted by Gasteiger charge is -2.05. The van der Waals surface area contributed by atoms with Crippen LogP contribution in [0.3, 0.4) is 0 Å². The molecule has 10 heavy (non-hydrogen) atoms. The quantitative estimate of drug-likeness (QED) is 0.495. The minimum Gasteiger partial charge on any atom is -0.106 e. The number of rotatable bonds is 0. The molecule has 0 aromatic heterocycles. The molecular weight excluding hydrogens is 167 g/mol. The second-order valence-corrected chi connectivity index (χ2v) is 4.17. The van der Waals surface area contributed by atoms with E-state index in [0.29, 0.717) is 0 Å². The molecule has 0 aromatic carbocycles. The molecule has 0 spiro atoms. The highest BCUT2D eigenvalue weighted by atomic mass is 35.5. The van der Waals surface area contributed by atoms with Crippen molar-refractivity contribution in [3.63, 3.8) is 0 Å². The van der Waals surface area contributed by atoms with Crippen LogP contribution in [0.25, 0.3) is 0 Å². The molecule has 1 rings (SSSR count). The van der Waals surface area contributed by atoms with Crippen molar-refractivity contribution >= 4 is 23.2 Å². The number of halogens is 2. The summed E-state index contributed by atoms with van der Waals surface area (Å²) >= 11 is 10.1. The Labute approximate surface area is 73.9 Å². The van der Waals surface area contributed by atoms with Gasteiger partial charge in [-0.2, -0.15) is 0 Å². The van der Waals surface area contributed by atoms with Crippen LogP contribution in [0, 0.1) is 0 Å². The standard InChI is InChI=1S/C6H12.C2H4Cl2/c1-2-4-6-5-3-1;1-2(3)4/h1-6H2;2H,1H3. The van der Waals surface area contributed by atoms with E-state index in [9.17, 15) is 0 Å². The fourth-order valence-electron chi connectivity index (χ4n) is 1.06. The SMILES string of the molecule is C1CCCCC1.CC(Cl)Cl. The van der Waals surface area contributed by atoms with Crippen LogP contribution in [-0.2, 0) is 0 Å². The molecule has 0 radical (unpaired) electrons. The third-order valence-corrected chi connectivity index (χ3v) is 1.50. The minimum atomic E-state index is -0.222.